The van der Waals surface area contributed by atoms with Gasteiger partial charge in [-0.1, -0.05) is 158 Å². The average molecular weight is 796 g/mol. The van der Waals surface area contributed by atoms with Gasteiger partial charge >= 0.3 is 0 Å². The molecule has 0 aliphatic heterocycles. The van der Waals surface area contributed by atoms with E-state index in [-0.39, 0.29) is 0 Å². The Balaban J connectivity index is 0.980. The average Bonchev–Trinajstić information content (AvgIpc) is 3.90. The SMILES string of the molecule is c1cc(-c2cccc(N(c3ccc(-c4ccc5oc6ccccc6c5c4)cc3)c3ccccc3-c3ccc4ccccc4c3)c2)cc(-c2cccc3c2sc2ccccc23)c1. The number of thiophene rings is 1. The standard InChI is InChI=1S/C58H37NOS/c1-2-13-40-34-45(27-26-38(40)12-1)48-18-3-6-23-54(48)59(46-31-28-39(29-32-46)43-30-33-56-53(37-43)50-19-4-7-24-55(50)60-56)47-17-10-15-42(36-47)41-14-9-16-44(35-41)49-21-11-22-52-51-20-5-8-25-57(51)61-58(49)52/h1-37H. The van der Waals surface area contributed by atoms with Gasteiger partial charge < -0.3 is 9.32 Å². The molecule has 0 aliphatic rings. The Bertz CT molecular complexity index is 3610. The smallest absolute Gasteiger partial charge is 0.135 e. The molecule has 286 valence electrons. The van der Waals surface area contributed by atoms with Gasteiger partial charge in [-0.15, -0.1) is 11.3 Å². The fourth-order valence-corrected chi connectivity index (χ4v) is 10.3. The Kier molecular flexibility index (Phi) is 8.39. The predicted molar refractivity (Wildman–Crippen MR) is 261 cm³/mol. The van der Waals surface area contributed by atoms with Gasteiger partial charge in [0.05, 0.1) is 5.69 Å². The topological polar surface area (TPSA) is 16.4 Å². The molecule has 0 N–H and O–H groups in total. The summed E-state index contributed by atoms with van der Waals surface area (Å²) in [6.07, 6.45) is 0. The second kappa shape index (κ2) is 14.5. The third kappa shape index (κ3) is 6.18. The van der Waals surface area contributed by atoms with Gasteiger partial charge in [-0.3, -0.25) is 0 Å². The molecular formula is C58H37NOS. The van der Waals surface area contributed by atoms with Crippen molar-refractivity contribution in [1.82, 2.24) is 0 Å². The Morgan fingerprint density at radius 2 is 0.951 bits per heavy atom. The van der Waals surface area contributed by atoms with Crippen LogP contribution >= 0.6 is 11.3 Å². The lowest BCUT2D eigenvalue weighted by molar-refractivity contribution is 0.669. The summed E-state index contributed by atoms with van der Waals surface area (Å²) in [6, 6.07) is 81.3. The van der Waals surface area contributed by atoms with Crippen molar-refractivity contribution >= 4 is 81.3 Å². The van der Waals surface area contributed by atoms with Gasteiger partial charge in [0.15, 0.2) is 0 Å². The number of benzene rings is 10. The minimum absolute atomic E-state index is 0.903. The zero-order valence-electron chi connectivity index (χ0n) is 33.1. The first-order valence-electron chi connectivity index (χ1n) is 20.7. The van der Waals surface area contributed by atoms with Gasteiger partial charge in [0, 0.05) is 47.9 Å². The minimum atomic E-state index is 0.903. The molecule has 0 amide bonds. The first-order valence-corrected chi connectivity index (χ1v) is 21.5. The lowest BCUT2D eigenvalue weighted by Crippen LogP contribution is -2.11. The summed E-state index contributed by atoms with van der Waals surface area (Å²) in [5, 5.41) is 7.35. The van der Waals surface area contributed by atoms with E-state index in [1.165, 1.54) is 58.8 Å². The highest BCUT2D eigenvalue weighted by Gasteiger charge is 2.19. The van der Waals surface area contributed by atoms with E-state index in [4.69, 9.17) is 4.42 Å². The molecule has 0 radical (unpaired) electrons. The number of nitrogens with zero attached hydrogens (tertiary/aromatic N) is 1. The maximum Gasteiger partial charge on any atom is 0.135 e. The monoisotopic (exact) mass is 795 g/mol. The van der Waals surface area contributed by atoms with Crippen LogP contribution in [0.3, 0.4) is 0 Å². The molecule has 0 aliphatic carbocycles. The van der Waals surface area contributed by atoms with Crippen molar-refractivity contribution in [3.63, 3.8) is 0 Å². The van der Waals surface area contributed by atoms with E-state index in [0.29, 0.717) is 0 Å². The molecule has 0 bridgehead atoms. The normalized spacial score (nSPS) is 11.6. The van der Waals surface area contributed by atoms with E-state index in [1.807, 2.05) is 23.5 Å². The number of hydrogen-bond acceptors (Lipinski definition) is 3. The van der Waals surface area contributed by atoms with E-state index in [9.17, 15) is 0 Å². The van der Waals surface area contributed by atoms with Crippen molar-refractivity contribution in [2.45, 2.75) is 0 Å². The zero-order chi connectivity index (χ0) is 40.3. The molecule has 0 saturated heterocycles. The van der Waals surface area contributed by atoms with Crippen molar-refractivity contribution in [3.8, 4) is 44.5 Å². The van der Waals surface area contributed by atoms with Crippen molar-refractivity contribution in [2.24, 2.45) is 0 Å². The Labute approximate surface area is 357 Å². The fraction of sp³-hybridized carbons (Fsp3) is 0. The number of furan rings is 1. The molecule has 3 heteroatoms. The van der Waals surface area contributed by atoms with Gasteiger partial charge in [-0.2, -0.15) is 0 Å². The molecule has 10 aromatic carbocycles. The summed E-state index contributed by atoms with van der Waals surface area (Å²) in [7, 11) is 0. The molecule has 0 atom stereocenters. The van der Waals surface area contributed by atoms with Crippen LogP contribution in [0.1, 0.15) is 0 Å². The van der Waals surface area contributed by atoms with Crippen molar-refractivity contribution < 1.29 is 4.42 Å². The predicted octanol–water partition coefficient (Wildman–Crippen LogP) is 17.2. The van der Waals surface area contributed by atoms with Crippen molar-refractivity contribution in [2.75, 3.05) is 4.90 Å². The molecule has 0 unspecified atom stereocenters. The summed E-state index contributed by atoms with van der Waals surface area (Å²) in [6.45, 7) is 0. The molecule has 2 heterocycles. The number of fused-ring (bicyclic) bond motifs is 7. The van der Waals surface area contributed by atoms with Gasteiger partial charge in [0.2, 0.25) is 0 Å². The van der Waals surface area contributed by atoms with Crippen molar-refractivity contribution in [3.05, 3.63) is 224 Å². The van der Waals surface area contributed by atoms with Gasteiger partial charge in [0.25, 0.3) is 0 Å². The lowest BCUT2D eigenvalue weighted by atomic mass is 9.96. The quantitative estimate of drug-likeness (QED) is 0.160. The van der Waals surface area contributed by atoms with Crippen LogP contribution in [0.15, 0.2) is 229 Å². The van der Waals surface area contributed by atoms with Crippen LogP contribution in [0.2, 0.25) is 0 Å². The van der Waals surface area contributed by atoms with E-state index in [2.05, 4.69) is 217 Å². The Morgan fingerprint density at radius 3 is 1.87 bits per heavy atom. The minimum Gasteiger partial charge on any atom is -0.456 e. The summed E-state index contributed by atoms with van der Waals surface area (Å²) < 4.78 is 8.80. The Hall–Kier alpha value is -7.72. The van der Waals surface area contributed by atoms with Crippen molar-refractivity contribution in [1.29, 1.82) is 0 Å². The molecule has 2 aromatic heterocycles. The molecular weight excluding hydrogens is 759 g/mol. The highest BCUT2D eigenvalue weighted by molar-refractivity contribution is 7.26. The van der Waals surface area contributed by atoms with Crippen LogP contribution in [0.4, 0.5) is 17.1 Å². The third-order valence-electron chi connectivity index (χ3n) is 12.1. The second-order valence-electron chi connectivity index (χ2n) is 15.7. The second-order valence-corrected chi connectivity index (χ2v) is 16.7. The summed E-state index contributed by atoms with van der Waals surface area (Å²) >= 11 is 1.88. The van der Waals surface area contributed by atoms with Crippen LogP contribution in [0, 0.1) is 0 Å². The van der Waals surface area contributed by atoms with E-state index in [0.717, 1.165) is 55.7 Å². The number of rotatable bonds is 7. The zero-order valence-corrected chi connectivity index (χ0v) is 33.9. The van der Waals surface area contributed by atoms with Crippen LogP contribution < -0.4 is 4.90 Å². The summed E-state index contributed by atoms with van der Waals surface area (Å²) in [5.41, 5.74) is 14.6. The van der Waals surface area contributed by atoms with Gasteiger partial charge in [-0.05, 0) is 116 Å². The first-order chi connectivity index (χ1) is 30.2. The summed E-state index contributed by atoms with van der Waals surface area (Å²) in [4.78, 5) is 2.41. The number of anilines is 3. The number of para-hydroxylation sites is 2. The molecule has 12 aromatic rings. The third-order valence-corrected chi connectivity index (χ3v) is 13.3. The van der Waals surface area contributed by atoms with Crippen LogP contribution in [0.25, 0.3) is 97.4 Å². The highest BCUT2D eigenvalue weighted by atomic mass is 32.1. The fourth-order valence-electron chi connectivity index (χ4n) is 9.07. The molecule has 0 saturated carbocycles. The largest absolute Gasteiger partial charge is 0.456 e. The molecule has 61 heavy (non-hydrogen) atoms. The maximum atomic E-state index is 6.16. The molecule has 0 fully saturated rings. The highest BCUT2D eigenvalue weighted by Crippen LogP contribution is 2.44. The molecule has 12 rings (SSSR count). The first kappa shape index (κ1) is 35.2. The van der Waals surface area contributed by atoms with Gasteiger partial charge in [-0.25, -0.2) is 0 Å². The van der Waals surface area contributed by atoms with Crippen LogP contribution in [-0.2, 0) is 0 Å². The Morgan fingerprint density at radius 1 is 0.328 bits per heavy atom. The van der Waals surface area contributed by atoms with Gasteiger partial charge in [0.1, 0.15) is 11.2 Å². The van der Waals surface area contributed by atoms with E-state index in [1.54, 1.807) is 0 Å². The molecule has 0 spiro atoms. The van der Waals surface area contributed by atoms with E-state index < -0.39 is 0 Å². The van der Waals surface area contributed by atoms with E-state index >= 15 is 0 Å². The van der Waals surface area contributed by atoms with Crippen LogP contribution in [-0.4, -0.2) is 0 Å². The summed E-state index contributed by atoms with van der Waals surface area (Å²) in [5.74, 6) is 0. The van der Waals surface area contributed by atoms with Crippen LogP contribution in [0.5, 0.6) is 0 Å². The maximum absolute atomic E-state index is 6.16. The lowest BCUT2D eigenvalue weighted by Gasteiger charge is -2.28. The number of hydrogen-bond donors (Lipinski definition) is 0. The molecule has 2 nitrogen and oxygen atoms in total.